The summed E-state index contributed by atoms with van der Waals surface area (Å²) in [5, 5.41) is 12.7. The highest BCUT2D eigenvalue weighted by Crippen LogP contribution is 2.31. The number of methoxy groups -OCH3 is 1. The molecule has 150 valence electrons. The molecule has 1 saturated carbocycles. The Morgan fingerprint density at radius 3 is 2.48 bits per heavy atom. The predicted octanol–water partition coefficient (Wildman–Crippen LogP) is 1.77. The lowest BCUT2D eigenvalue weighted by Gasteiger charge is -2.42. The number of anilines is 1. The Morgan fingerprint density at radius 1 is 1.22 bits per heavy atom. The average Bonchev–Trinajstić information content (AvgIpc) is 2.70. The van der Waals surface area contributed by atoms with Gasteiger partial charge in [-0.15, -0.1) is 0 Å². The summed E-state index contributed by atoms with van der Waals surface area (Å²) in [5.41, 5.74) is 1.12. The minimum atomic E-state index is -0.824. The van der Waals surface area contributed by atoms with Crippen molar-refractivity contribution in [3.63, 3.8) is 0 Å². The van der Waals surface area contributed by atoms with Crippen LogP contribution in [0, 0.1) is 5.92 Å². The Kier molecular flexibility index (Phi) is 7.43. The molecule has 1 aliphatic carbocycles. The van der Waals surface area contributed by atoms with Gasteiger partial charge in [-0.05, 0) is 43.7 Å². The van der Waals surface area contributed by atoms with Crippen molar-refractivity contribution in [2.24, 2.45) is 5.92 Å². The molecule has 0 spiro atoms. The van der Waals surface area contributed by atoms with E-state index in [0.717, 1.165) is 70.6 Å². The number of carboxylic acids is 1. The number of hydrogen-bond donors (Lipinski definition) is 2. The zero-order valence-corrected chi connectivity index (χ0v) is 16.2. The van der Waals surface area contributed by atoms with Crippen LogP contribution in [0.15, 0.2) is 24.5 Å². The molecule has 0 aromatic carbocycles. The number of piperazine rings is 1. The highest BCUT2D eigenvalue weighted by molar-refractivity contribution is 5.72. The molecule has 2 fully saturated rings. The Hall–Kier alpha value is -1.70. The van der Waals surface area contributed by atoms with Gasteiger partial charge in [-0.2, -0.15) is 0 Å². The van der Waals surface area contributed by atoms with Crippen LogP contribution in [0.5, 0.6) is 0 Å². The van der Waals surface area contributed by atoms with E-state index in [1.807, 2.05) is 12.1 Å². The molecule has 2 aliphatic rings. The maximum absolute atomic E-state index is 11.3. The minimum absolute atomic E-state index is 0.157. The van der Waals surface area contributed by atoms with E-state index >= 15 is 0 Å². The maximum atomic E-state index is 11.3. The standard InChI is InChI=1S/C20H32N4O3/c1-27-19(20(25)26)16-2-4-18(5-3-16)24-14-12-23(13-15-24)11-10-22-17-6-8-21-9-7-17/h6-9,16,18-19H,2-5,10-15H2,1H3,(H,21,22)(H,25,26). The first-order valence-electron chi connectivity index (χ1n) is 10.0. The second-order valence-corrected chi connectivity index (χ2v) is 7.60. The first kappa shape index (κ1) is 20.0. The number of carbonyl (C=O) groups is 1. The highest BCUT2D eigenvalue weighted by Gasteiger charge is 2.34. The molecule has 2 N–H and O–H groups in total. The zero-order valence-electron chi connectivity index (χ0n) is 16.2. The van der Waals surface area contributed by atoms with Gasteiger partial charge in [0, 0.05) is 70.5 Å². The summed E-state index contributed by atoms with van der Waals surface area (Å²) >= 11 is 0. The van der Waals surface area contributed by atoms with Crippen LogP contribution >= 0.6 is 0 Å². The third-order valence-corrected chi connectivity index (χ3v) is 6.03. The van der Waals surface area contributed by atoms with Gasteiger partial charge in [0.25, 0.3) is 0 Å². The fraction of sp³-hybridized carbons (Fsp3) is 0.700. The lowest BCUT2D eigenvalue weighted by Crippen LogP contribution is -2.52. The summed E-state index contributed by atoms with van der Waals surface area (Å²) in [6.07, 6.45) is 7.04. The molecule has 1 saturated heterocycles. The van der Waals surface area contributed by atoms with Gasteiger partial charge in [0.2, 0.25) is 0 Å². The molecule has 1 atom stereocenters. The van der Waals surface area contributed by atoms with Crippen molar-refractivity contribution in [3.05, 3.63) is 24.5 Å². The third kappa shape index (κ3) is 5.64. The van der Waals surface area contributed by atoms with E-state index in [1.165, 1.54) is 7.11 Å². The van der Waals surface area contributed by atoms with Gasteiger partial charge in [0.05, 0.1) is 0 Å². The van der Waals surface area contributed by atoms with Gasteiger partial charge in [0.15, 0.2) is 6.10 Å². The maximum Gasteiger partial charge on any atom is 0.333 e. The summed E-state index contributed by atoms with van der Waals surface area (Å²) in [4.78, 5) is 20.4. The van der Waals surface area contributed by atoms with Crippen LogP contribution in [0.3, 0.4) is 0 Å². The van der Waals surface area contributed by atoms with E-state index in [4.69, 9.17) is 4.74 Å². The van der Waals surface area contributed by atoms with Crippen LogP contribution in [0.1, 0.15) is 25.7 Å². The Labute approximate surface area is 161 Å². The Morgan fingerprint density at radius 2 is 1.89 bits per heavy atom. The van der Waals surface area contributed by atoms with E-state index in [0.29, 0.717) is 6.04 Å². The van der Waals surface area contributed by atoms with Crippen LogP contribution in [-0.2, 0) is 9.53 Å². The van der Waals surface area contributed by atoms with Gasteiger partial charge in [-0.3, -0.25) is 14.8 Å². The molecule has 2 heterocycles. The van der Waals surface area contributed by atoms with E-state index < -0.39 is 12.1 Å². The van der Waals surface area contributed by atoms with Crippen LogP contribution in [0.4, 0.5) is 5.69 Å². The normalized spacial score (nSPS) is 25.8. The third-order valence-electron chi connectivity index (χ3n) is 6.03. The van der Waals surface area contributed by atoms with E-state index in [9.17, 15) is 9.90 Å². The van der Waals surface area contributed by atoms with Crippen molar-refractivity contribution in [2.45, 2.75) is 37.8 Å². The summed E-state index contributed by atoms with van der Waals surface area (Å²) < 4.78 is 5.19. The van der Waals surface area contributed by atoms with Crippen molar-refractivity contribution in [1.29, 1.82) is 0 Å². The van der Waals surface area contributed by atoms with E-state index in [2.05, 4.69) is 20.1 Å². The molecular formula is C20H32N4O3. The van der Waals surface area contributed by atoms with Crippen molar-refractivity contribution in [2.75, 3.05) is 51.7 Å². The van der Waals surface area contributed by atoms with E-state index in [-0.39, 0.29) is 5.92 Å². The summed E-state index contributed by atoms with van der Waals surface area (Å²) in [5.74, 6) is -0.667. The fourth-order valence-electron chi connectivity index (χ4n) is 4.44. The summed E-state index contributed by atoms with van der Waals surface area (Å²) in [6.45, 7) is 6.43. The molecule has 0 bridgehead atoms. The topological polar surface area (TPSA) is 77.9 Å². The SMILES string of the molecule is COC(C(=O)O)C1CCC(N2CCN(CCNc3ccncc3)CC2)CC1. The Bertz CT molecular complexity index is 570. The van der Waals surface area contributed by atoms with Crippen molar-refractivity contribution >= 4 is 11.7 Å². The number of aliphatic carboxylic acids is 1. The van der Waals surface area contributed by atoms with Gasteiger partial charge in [-0.1, -0.05) is 0 Å². The summed E-state index contributed by atoms with van der Waals surface area (Å²) in [7, 11) is 1.51. The van der Waals surface area contributed by atoms with Crippen molar-refractivity contribution in [3.8, 4) is 0 Å². The number of carboxylic acid groups (broad SMARTS) is 1. The molecule has 27 heavy (non-hydrogen) atoms. The van der Waals surface area contributed by atoms with Gasteiger partial charge < -0.3 is 15.2 Å². The molecule has 1 aromatic heterocycles. The van der Waals surface area contributed by atoms with Gasteiger partial charge in [-0.25, -0.2) is 4.79 Å². The number of hydrogen-bond acceptors (Lipinski definition) is 6. The van der Waals surface area contributed by atoms with Crippen LogP contribution in [0.2, 0.25) is 0 Å². The zero-order chi connectivity index (χ0) is 19.1. The first-order chi connectivity index (χ1) is 13.2. The number of ether oxygens (including phenoxy) is 1. The smallest absolute Gasteiger partial charge is 0.333 e. The largest absolute Gasteiger partial charge is 0.479 e. The number of pyridine rings is 1. The average molecular weight is 377 g/mol. The Balaban J connectivity index is 1.34. The highest BCUT2D eigenvalue weighted by atomic mass is 16.5. The molecule has 0 amide bonds. The molecule has 1 aliphatic heterocycles. The molecule has 7 nitrogen and oxygen atoms in total. The van der Waals surface area contributed by atoms with Crippen molar-refractivity contribution in [1.82, 2.24) is 14.8 Å². The molecular weight excluding hydrogens is 344 g/mol. The van der Waals surface area contributed by atoms with Crippen LogP contribution < -0.4 is 5.32 Å². The van der Waals surface area contributed by atoms with Gasteiger partial charge in [0.1, 0.15) is 0 Å². The van der Waals surface area contributed by atoms with Crippen LogP contribution in [-0.4, -0.2) is 84.4 Å². The lowest BCUT2D eigenvalue weighted by molar-refractivity contribution is -0.153. The second kappa shape index (κ2) is 10.0. The molecule has 3 rings (SSSR count). The van der Waals surface area contributed by atoms with Crippen molar-refractivity contribution < 1.29 is 14.6 Å². The minimum Gasteiger partial charge on any atom is -0.479 e. The first-order valence-corrected chi connectivity index (χ1v) is 10.0. The quantitative estimate of drug-likeness (QED) is 0.716. The molecule has 1 aromatic rings. The lowest BCUT2D eigenvalue weighted by atomic mass is 9.82. The number of nitrogens with one attached hydrogen (secondary N) is 1. The van der Waals surface area contributed by atoms with Crippen LogP contribution in [0.25, 0.3) is 0 Å². The number of aromatic nitrogens is 1. The van der Waals surface area contributed by atoms with Gasteiger partial charge >= 0.3 is 5.97 Å². The predicted molar refractivity (Wildman–Crippen MR) is 105 cm³/mol. The molecule has 1 unspecified atom stereocenters. The number of rotatable bonds is 8. The van der Waals surface area contributed by atoms with E-state index in [1.54, 1.807) is 12.4 Å². The summed E-state index contributed by atoms with van der Waals surface area (Å²) in [6, 6.07) is 4.59. The molecule has 7 heteroatoms. The monoisotopic (exact) mass is 376 g/mol. The second-order valence-electron chi connectivity index (χ2n) is 7.60. The molecule has 0 radical (unpaired) electrons. The number of nitrogens with zero attached hydrogens (tertiary/aromatic N) is 3. The fourth-order valence-corrected chi connectivity index (χ4v) is 4.44.